The van der Waals surface area contributed by atoms with Gasteiger partial charge in [-0.25, -0.2) is 4.98 Å². The largest absolute Gasteiger partial charge is 0.494 e. The average Bonchev–Trinajstić information content (AvgIpc) is 3.01. The lowest BCUT2D eigenvalue weighted by Gasteiger charge is -2.15. The molecule has 0 bridgehead atoms. The van der Waals surface area contributed by atoms with Crippen LogP contribution in [0, 0.1) is 0 Å². The summed E-state index contributed by atoms with van der Waals surface area (Å²) in [6.45, 7) is 4.95. The molecule has 1 aromatic heterocycles. The monoisotopic (exact) mass is 385 g/mol. The molecule has 1 heterocycles. The van der Waals surface area contributed by atoms with E-state index >= 15 is 0 Å². The van der Waals surface area contributed by atoms with E-state index < -0.39 is 0 Å². The van der Waals surface area contributed by atoms with Gasteiger partial charge in [-0.15, -0.1) is 0 Å². The third kappa shape index (κ3) is 5.01. The van der Waals surface area contributed by atoms with Crippen LogP contribution >= 0.6 is 11.6 Å². The minimum Gasteiger partial charge on any atom is -0.494 e. The SMILES string of the molecule is CC(=O)NC(C)c1nc2ccccc2n1CCCCOc1ccc(Cl)cc1. The molecule has 5 nitrogen and oxygen atoms in total. The van der Waals surface area contributed by atoms with Crippen molar-refractivity contribution in [2.45, 2.75) is 39.3 Å². The molecule has 0 aliphatic carbocycles. The molecule has 3 rings (SSSR count). The number of nitrogens with zero attached hydrogens (tertiary/aromatic N) is 2. The van der Waals surface area contributed by atoms with Crippen LogP contribution in [0.1, 0.15) is 38.6 Å². The van der Waals surface area contributed by atoms with E-state index in [1.165, 1.54) is 6.92 Å². The molecule has 1 amide bonds. The lowest BCUT2D eigenvalue weighted by Crippen LogP contribution is -2.26. The summed E-state index contributed by atoms with van der Waals surface area (Å²) in [6, 6.07) is 15.3. The van der Waals surface area contributed by atoms with E-state index in [0.29, 0.717) is 11.6 Å². The molecular formula is C21H24ClN3O2. The number of unbranched alkanes of at least 4 members (excludes halogenated alkanes) is 1. The second-order valence-electron chi connectivity index (χ2n) is 6.54. The maximum Gasteiger partial charge on any atom is 0.217 e. The van der Waals surface area contributed by atoms with Gasteiger partial charge in [0.05, 0.1) is 23.7 Å². The van der Waals surface area contributed by atoms with Crippen LogP contribution in [0.25, 0.3) is 11.0 Å². The van der Waals surface area contributed by atoms with Gasteiger partial charge in [0.25, 0.3) is 0 Å². The van der Waals surface area contributed by atoms with Crippen LogP contribution < -0.4 is 10.1 Å². The molecule has 0 spiro atoms. The molecule has 142 valence electrons. The first-order chi connectivity index (χ1) is 13.0. The van der Waals surface area contributed by atoms with Crippen molar-refractivity contribution in [2.75, 3.05) is 6.61 Å². The number of ether oxygens (including phenoxy) is 1. The molecular weight excluding hydrogens is 362 g/mol. The van der Waals surface area contributed by atoms with Crippen molar-refractivity contribution < 1.29 is 9.53 Å². The summed E-state index contributed by atoms with van der Waals surface area (Å²) >= 11 is 5.88. The maximum atomic E-state index is 11.4. The average molecular weight is 386 g/mol. The predicted molar refractivity (Wildman–Crippen MR) is 108 cm³/mol. The number of carbonyl (C=O) groups excluding carboxylic acids is 1. The van der Waals surface area contributed by atoms with Gasteiger partial charge in [0.15, 0.2) is 0 Å². The molecule has 0 saturated heterocycles. The van der Waals surface area contributed by atoms with E-state index in [2.05, 4.69) is 16.0 Å². The minimum atomic E-state index is -0.139. The number of hydrogen-bond acceptors (Lipinski definition) is 3. The Bertz CT molecular complexity index is 905. The van der Waals surface area contributed by atoms with Crippen LogP contribution in [0.5, 0.6) is 5.75 Å². The summed E-state index contributed by atoms with van der Waals surface area (Å²) in [6.07, 6.45) is 1.87. The Balaban J connectivity index is 1.62. The highest BCUT2D eigenvalue weighted by Crippen LogP contribution is 2.22. The fraction of sp³-hybridized carbons (Fsp3) is 0.333. The van der Waals surface area contributed by atoms with Crippen LogP contribution in [0.4, 0.5) is 0 Å². The number of aromatic nitrogens is 2. The zero-order valence-corrected chi connectivity index (χ0v) is 16.4. The zero-order valence-electron chi connectivity index (χ0n) is 15.6. The van der Waals surface area contributed by atoms with Gasteiger partial charge in [0, 0.05) is 18.5 Å². The molecule has 27 heavy (non-hydrogen) atoms. The van der Waals surface area contributed by atoms with Gasteiger partial charge < -0.3 is 14.6 Å². The first kappa shape index (κ1) is 19.2. The Kier molecular flexibility index (Phi) is 6.35. The van der Waals surface area contributed by atoms with Gasteiger partial charge in [-0.05, 0) is 56.2 Å². The summed E-state index contributed by atoms with van der Waals surface area (Å²) in [4.78, 5) is 16.2. The highest BCUT2D eigenvalue weighted by atomic mass is 35.5. The number of aryl methyl sites for hydroxylation is 1. The molecule has 1 atom stereocenters. The smallest absolute Gasteiger partial charge is 0.217 e. The molecule has 0 aliphatic heterocycles. The number of amides is 1. The molecule has 2 aromatic carbocycles. The van der Waals surface area contributed by atoms with Crippen LogP contribution in [-0.2, 0) is 11.3 Å². The van der Waals surface area contributed by atoms with E-state index in [9.17, 15) is 4.79 Å². The number of hydrogen-bond donors (Lipinski definition) is 1. The van der Waals surface area contributed by atoms with E-state index in [0.717, 1.165) is 42.0 Å². The standard InChI is InChI=1S/C21H24ClN3O2/c1-15(23-16(2)26)21-24-19-7-3-4-8-20(19)25(21)13-5-6-14-27-18-11-9-17(22)10-12-18/h3-4,7-12,15H,5-6,13-14H2,1-2H3,(H,23,26). The molecule has 1 N–H and O–H groups in total. The lowest BCUT2D eigenvalue weighted by molar-refractivity contribution is -0.119. The van der Waals surface area contributed by atoms with Gasteiger partial charge in [-0.2, -0.15) is 0 Å². The zero-order chi connectivity index (χ0) is 19.2. The summed E-state index contributed by atoms with van der Waals surface area (Å²) in [5.41, 5.74) is 2.03. The molecule has 0 fully saturated rings. The topological polar surface area (TPSA) is 56.2 Å². The normalized spacial score (nSPS) is 12.1. The third-order valence-corrected chi connectivity index (χ3v) is 4.60. The summed E-state index contributed by atoms with van der Waals surface area (Å²) in [5.74, 6) is 1.65. The van der Waals surface area contributed by atoms with E-state index in [4.69, 9.17) is 21.3 Å². The number of fused-ring (bicyclic) bond motifs is 1. The Labute approximate surface area is 164 Å². The fourth-order valence-corrected chi connectivity index (χ4v) is 3.25. The molecule has 0 saturated carbocycles. The second-order valence-corrected chi connectivity index (χ2v) is 6.98. The molecule has 3 aromatic rings. The van der Waals surface area contributed by atoms with Gasteiger partial charge in [-0.1, -0.05) is 23.7 Å². The lowest BCUT2D eigenvalue weighted by atomic mass is 10.2. The van der Waals surface area contributed by atoms with Gasteiger partial charge >= 0.3 is 0 Å². The Morgan fingerprint density at radius 1 is 1.19 bits per heavy atom. The number of para-hydroxylation sites is 2. The van der Waals surface area contributed by atoms with Crippen molar-refractivity contribution in [1.29, 1.82) is 0 Å². The molecule has 0 aliphatic rings. The van der Waals surface area contributed by atoms with Gasteiger partial charge in [-0.3, -0.25) is 4.79 Å². The summed E-state index contributed by atoms with van der Waals surface area (Å²) in [5, 5.41) is 3.63. The summed E-state index contributed by atoms with van der Waals surface area (Å²) < 4.78 is 7.95. The van der Waals surface area contributed by atoms with Crippen molar-refractivity contribution in [3.8, 4) is 5.75 Å². The first-order valence-corrected chi connectivity index (χ1v) is 9.53. The number of carbonyl (C=O) groups is 1. The van der Waals surface area contributed by atoms with E-state index in [-0.39, 0.29) is 11.9 Å². The van der Waals surface area contributed by atoms with Crippen molar-refractivity contribution in [3.63, 3.8) is 0 Å². The maximum absolute atomic E-state index is 11.4. The summed E-state index contributed by atoms with van der Waals surface area (Å²) in [7, 11) is 0. The fourth-order valence-electron chi connectivity index (χ4n) is 3.12. The van der Waals surface area contributed by atoms with Crippen LogP contribution in [-0.4, -0.2) is 22.1 Å². The minimum absolute atomic E-state index is 0.0579. The number of nitrogens with one attached hydrogen (secondary N) is 1. The Hall–Kier alpha value is -2.53. The third-order valence-electron chi connectivity index (χ3n) is 4.35. The number of benzene rings is 2. The quantitative estimate of drug-likeness (QED) is 0.569. The number of halogens is 1. The van der Waals surface area contributed by atoms with Crippen molar-refractivity contribution in [1.82, 2.24) is 14.9 Å². The van der Waals surface area contributed by atoms with Crippen molar-refractivity contribution >= 4 is 28.5 Å². The number of rotatable bonds is 8. The molecule has 1 unspecified atom stereocenters. The van der Waals surface area contributed by atoms with Crippen molar-refractivity contribution in [2.24, 2.45) is 0 Å². The molecule has 6 heteroatoms. The Morgan fingerprint density at radius 3 is 2.67 bits per heavy atom. The highest BCUT2D eigenvalue weighted by molar-refractivity contribution is 6.30. The molecule has 0 radical (unpaired) electrons. The van der Waals surface area contributed by atoms with E-state index in [1.54, 1.807) is 0 Å². The van der Waals surface area contributed by atoms with Crippen molar-refractivity contribution in [3.05, 3.63) is 59.4 Å². The van der Waals surface area contributed by atoms with Crippen LogP contribution in [0.15, 0.2) is 48.5 Å². The Morgan fingerprint density at radius 2 is 1.93 bits per heavy atom. The van der Waals surface area contributed by atoms with Gasteiger partial charge in [0.2, 0.25) is 5.91 Å². The highest BCUT2D eigenvalue weighted by Gasteiger charge is 2.16. The van der Waals surface area contributed by atoms with Crippen LogP contribution in [0.2, 0.25) is 5.02 Å². The van der Waals surface area contributed by atoms with E-state index in [1.807, 2.05) is 49.4 Å². The predicted octanol–water partition coefficient (Wildman–Crippen LogP) is 4.75. The number of imidazole rings is 1. The second kappa shape index (κ2) is 8.91. The van der Waals surface area contributed by atoms with Crippen LogP contribution in [0.3, 0.4) is 0 Å². The first-order valence-electron chi connectivity index (χ1n) is 9.15. The van der Waals surface area contributed by atoms with Gasteiger partial charge in [0.1, 0.15) is 11.6 Å².